The Hall–Kier alpha value is -2.97. The number of nitrogens with zero attached hydrogens (tertiary/aromatic N) is 3. The molecule has 0 fully saturated rings. The highest BCUT2D eigenvalue weighted by Crippen LogP contribution is 2.31. The second-order valence-electron chi connectivity index (χ2n) is 8.30. The van der Waals surface area contributed by atoms with Gasteiger partial charge in [-0.1, -0.05) is 25.8 Å². The van der Waals surface area contributed by atoms with Gasteiger partial charge >= 0.3 is 0 Å². The van der Waals surface area contributed by atoms with Gasteiger partial charge in [-0.3, -0.25) is 4.79 Å². The van der Waals surface area contributed by atoms with Gasteiger partial charge in [-0.2, -0.15) is 4.98 Å². The summed E-state index contributed by atoms with van der Waals surface area (Å²) in [6.45, 7) is 4.71. The molecule has 1 unspecified atom stereocenters. The van der Waals surface area contributed by atoms with Gasteiger partial charge in [0, 0.05) is 31.2 Å². The van der Waals surface area contributed by atoms with Crippen LogP contribution in [0.1, 0.15) is 38.7 Å². The first-order chi connectivity index (χ1) is 14.8. The average Bonchev–Trinajstić information content (AvgIpc) is 2.74. The van der Waals surface area contributed by atoms with Crippen molar-refractivity contribution >= 4 is 22.7 Å². The fraction of sp³-hybridized carbons (Fsp3) is 0.435. The zero-order valence-electron chi connectivity index (χ0n) is 18.7. The maximum absolute atomic E-state index is 12.3. The van der Waals surface area contributed by atoms with E-state index in [4.69, 9.17) is 5.73 Å². The lowest BCUT2D eigenvalue weighted by Crippen LogP contribution is -2.39. The Morgan fingerprint density at radius 1 is 1.26 bits per heavy atom. The fourth-order valence-corrected chi connectivity index (χ4v) is 3.73. The van der Waals surface area contributed by atoms with Gasteiger partial charge in [0.25, 0.3) is 5.56 Å². The Kier molecular flexibility index (Phi) is 6.92. The Morgan fingerprint density at radius 2 is 2.03 bits per heavy atom. The summed E-state index contributed by atoms with van der Waals surface area (Å²) in [4.78, 5) is 21.1. The fourth-order valence-electron chi connectivity index (χ4n) is 3.73. The van der Waals surface area contributed by atoms with Crippen LogP contribution in [0.15, 0.2) is 35.3 Å². The second kappa shape index (κ2) is 9.45. The number of benzene rings is 1. The first-order valence-electron chi connectivity index (χ1n) is 10.6. The number of nitrogens with one attached hydrogen (secondary N) is 2. The Morgan fingerprint density at radius 3 is 2.71 bits per heavy atom. The number of nitrogen functional groups attached to an aromatic ring is 1. The number of unbranched alkanes of at least 4 members (excludes halogenated alkanes) is 1. The molecule has 0 radical (unpaired) electrons. The molecule has 0 aliphatic rings. The van der Waals surface area contributed by atoms with Crippen molar-refractivity contribution in [2.75, 3.05) is 24.7 Å². The Labute approximate surface area is 182 Å². The number of aryl methyl sites for hydroxylation is 1. The van der Waals surface area contributed by atoms with E-state index in [9.17, 15) is 9.90 Å². The number of nitrogens with two attached hydrogens (primary N) is 1. The zero-order chi connectivity index (χ0) is 22.6. The molecule has 5 N–H and O–H groups in total. The molecule has 0 amide bonds. The molecular formula is C23H32N6O2. The van der Waals surface area contributed by atoms with Gasteiger partial charge in [0.1, 0.15) is 5.82 Å². The lowest BCUT2D eigenvalue weighted by molar-refractivity contribution is 0.212. The number of hydrogen-bond donors (Lipinski definition) is 4. The van der Waals surface area contributed by atoms with Crippen molar-refractivity contribution in [1.29, 1.82) is 0 Å². The normalized spacial score (nSPS) is 13.3. The minimum atomic E-state index is -0.506. The number of hydrogen-bond acceptors (Lipinski definition) is 7. The van der Waals surface area contributed by atoms with Crippen molar-refractivity contribution in [2.24, 2.45) is 7.05 Å². The number of fused-ring (bicyclic) bond motifs is 1. The monoisotopic (exact) mass is 424 g/mol. The lowest BCUT2D eigenvalue weighted by Gasteiger charge is -2.30. The summed E-state index contributed by atoms with van der Waals surface area (Å²) < 4.78 is 1.57. The molecule has 3 rings (SSSR count). The van der Waals surface area contributed by atoms with Crippen LogP contribution in [0.5, 0.6) is 0 Å². The van der Waals surface area contributed by atoms with E-state index >= 15 is 0 Å². The van der Waals surface area contributed by atoms with Crippen molar-refractivity contribution in [3.8, 4) is 11.1 Å². The third-order valence-corrected chi connectivity index (χ3v) is 5.55. The van der Waals surface area contributed by atoms with Crippen LogP contribution in [-0.4, -0.2) is 38.8 Å². The predicted molar refractivity (Wildman–Crippen MR) is 126 cm³/mol. The Balaban J connectivity index is 2.09. The van der Waals surface area contributed by atoms with E-state index in [1.807, 2.05) is 38.4 Å². The van der Waals surface area contributed by atoms with Crippen molar-refractivity contribution in [3.63, 3.8) is 0 Å². The molecule has 2 heterocycles. The molecule has 0 bridgehead atoms. The van der Waals surface area contributed by atoms with Crippen molar-refractivity contribution in [1.82, 2.24) is 19.9 Å². The molecule has 0 spiro atoms. The maximum Gasteiger partial charge on any atom is 0.250 e. The van der Waals surface area contributed by atoms with Gasteiger partial charge in [-0.05, 0) is 49.2 Å². The summed E-state index contributed by atoms with van der Waals surface area (Å²) in [6.07, 6.45) is 4.69. The van der Waals surface area contributed by atoms with Crippen LogP contribution in [0.4, 0.5) is 11.8 Å². The molecule has 1 atom stereocenters. The molecule has 3 aromatic rings. The van der Waals surface area contributed by atoms with Gasteiger partial charge in [0.2, 0.25) is 5.95 Å². The quantitative estimate of drug-likeness (QED) is 0.417. The third-order valence-electron chi connectivity index (χ3n) is 5.55. The van der Waals surface area contributed by atoms with Crippen LogP contribution in [0.3, 0.4) is 0 Å². The minimum Gasteiger partial charge on any atom is -0.394 e. The highest BCUT2D eigenvalue weighted by molar-refractivity contribution is 5.93. The first-order valence-corrected chi connectivity index (χ1v) is 10.6. The van der Waals surface area contributed by atoms with Gasteiger partial charge in [-0.15, -0.1) is 0 Å². The topological polar surface area (TPSA) is 118 Å². The minimum absolute atomic E-state index is 0.0167. The largest absolute Gasteiger partial charge is 0.394 e. The number of rotatable bonds is 9. The van der Waals surface area contributed by atoms with Gasteiger partial charge < -0.3 is 26.0 Å². The summed E-state index contributed by atoms with van der Waals surface area (Å²) in [5.74, 6) is 0.753. The molecule has 31 heavy (non-hydrogen) atoms. The van der Waals surface area contributed by atoms with Crippen molar-refractivity contribution in [3.05, 3.63) is 46.4 Å². The van der Waals surface area contributed by atoms with E-state index in [0.29, 0.717) is 17.9 Å². The molecule has 1 aromatic carbocycles. The van der Waals surface area contributed by atoms with Crippen molar-refractivity contribution in [2.45, 2.75) is 45.2 Å². The molecule has 0 saturated heterocycles. The van der Waals surface area contributed by atoms with Gasteiger partial charge in [0.15, 0.2) is 0 Å². The van der Waals surface area contributed by atoms with E-state index in [1.54, 1.807) is 17.7 Å². The highest BCUT2D eigenvalue weighted by atomic mass is 16.3. The predicted octanol–water partition coefficient (Wildman–Crippen LogP) is 2.65. The number of aromatic nitrogens is 3. The molecule has 0 aliphatic heterocycles. The standard InChI is InChI=1S/C23H32N6O2/c1-5-6-9-23(2,14-30)28-21-17-8-7-15(10-19(17)26-22(24)27-21)18-11-20(31)29(4)13-16(18)12-25-3/h7-8,10-11,13,25,30H,5-6,9,12,14H2,1-4H3,(H3,24,26,27,28). The highest BCUT2D eigenvalue weighted by Gasteiger charge is 2.24. The summed E-state index contributed by atoms with van der Waals surface area (Å²) in [5, 5.41) is 17.3. The molecule has 8 heteroatoms. The number of aliphatic hydroxyl groups excluding tert-OH is 1. The van der Waals surface area contributed by atoms with Crippen LogP contribution >= 0.6 is 0 Å². The molecule has 0 aliphatic carbocycles. The van der Waals surface area contributed by atoms with Crippen LogP contribution in [-0.2, 0) is 13.6 Å². The van der Waals surface area contributed by atoms with E-state index in [2.05, 4.69) is 27.5 Å². The number of pyridine rings is 1. The maximum atomic E-state index is 12.3. The molecule has 8 nitrogen and oxygen atoms in total. The molecular weight excluding hydrogens is 392 g/mol. The summed E-state index contributed by atoms with van der Waals surface area (Å²) in [6, 6.07) is 7.47. The van der Waals surface area contributed by atoms with Crippen LogP contribution < -0.4 is 21.9 Å². The summed E-state index contributed by atoms with van der Waals surface area (Å²) in [7, 11) is 3.62. The van der Waals surface area contributed by atoms with E-state index in [0.717, 1.165) is 41.3 Å². The number of aliphatic hydroxyl groups is 1. The van der Waals surface area contributed by atoms with Crippen LogP contribution in [0.2, 0.25) is 0 Å². The van der Waals surface area contributed by atoms with Crippen molar-refractivity contribution < 1.29 is 5.11 Å². The molecule has 0 saturated carbocycles. The Bertz CT molecular complexity index is 1130. The van der Waals surface area contributed by atoms with Gasteiger partial charge in [0.05, 0.1) is 17.7 Å². The van der Waals surface area contributed by atoms with E-state index < -0.39 is 5.54 Å². The zero-order valence-corrected chi connectivity index (χ0v) is 18.7. The third kappa shape index (κ3) is 5.03. The second-order valence-corrected chi connectivity index (χ2v) is 8.30. The summed E-state index contributed by atoms with van der Waals surface area (Å²) in [5.41, 5.74) is 8.86. The first kappa shape index (κ1) is 22.7. The smallest absolute Gasteiger partial charge is 0.250 e. The van der Waals surface area contributed by atoms with Crippen LogP contribution in [0, 0.1) is 0 Å². The molecule has 2 aromatic heterocycles. The van der Waals surface area contributed by atoms with Crippen LogP contribution in [0.25, 0.3) is 22.0 Å². The summed E-state index contributed by atoms with van der Waals surface area (Å²) >= 11 is 0. The lowest BCUT2D eigenvalue weighted by atomic mass is 9.95. The van der Waals surface area contributed by atoms with E-state index in [-0.39, 0.29) is 18.1 Å². The van der Waals surface area contributed by atoms with Gasteiger partial charge in [-0.25, -0.2) is 4.98 Å². The molecule has 166 valence electrons. The SMILES string of the molecule is CCCCC(C)(CO)Nc1nc(N)nc2cc(-c3cc(=O)n(C)cc3CNC)ccc12. The number of anilines is 2. The average molecular weight is 425 g/mol. The van der Waals surface area contributed by atoms with E-state index in [1.165, 1.54) is 0 Å².